The Hall–Kier alpha value is -0.210. The number of nitrogens with zero attached hydrogens (tertiary/aromatic N) is 2. The summed E-state index contributed by atoms with van der Waals surface area (Å²) in [7, 11) is -3.37. The van der Waals surface area contributed by atoms with E-state index in [0.717, 1.165) is 0 Å². The van der Waals surface area contributed by atoms with Gasteiger partial charge in [0.25, 0.3) is 0 Å². The van der Waals surface area contributed by atoms with Crippen LogP contribution in [-0.2, 0) is 10.0 Å². The molecule has 5 nitrogen and oxygen atoms in total. The predicted molar refractivity (Wildman–Crippen MR) is 69.7 cm³/mol. The molecule has 1 aromatic rings. The number of anilines is 1. The fourth-order valence-corrected chi connectivity index (χ4v) is 3.49. The van der Waals surface area contributed by atoms with E-state index in [1.54, 1.807) is 0 Å². The summed E-state index contributed by atoms with van der Waals surface area (Å²) in [5.41, 5.74) is 0. The lowest BCUT2D eigenvalue weighted by Gasteiger charge is -2.09. The van der Waals surface area contributed by atoms with E-state index in [1.165, 1.54) is 6.20 Å². The van der Waals surface area contributed by atoms with Gasteiger partial charge in [-0.25, -0.2) is 18.4 Å². The summed E-state index contributed by atoms with van der Waals surface area (Å²) in [4.78, 5) is 7.90. The summed E-state index contributed by atoms with van der Waals surface area (Å²) in [6.45, 7) is 3.67. The van der Waals surface area contributed by atoms with Crippen LogP contribution >= 0.6 is 31.9 Å². The topological polar surface area (TPSA) is 72.0 Å². The first kappa shape index (κ1) is 13.9. The first-order valence-corrected chi connectivity index (χ1v) is 7.72. The molecular formula is C8H11Br2N3O2S. The highest BCUT2D eigenvalue weighted by Crippen LogP contribution is 2.20. The molecule has 0 radical (unpaired) electrons. The van der Waals surface area contributed by atoms with Crippen LogP contribution in [0, 0.1) is 5.92 Å². The number of halogens is 2. The number of aromatic nitrogens is 2. The van der Waals surface area contributed by atoms with Gasteiger partial charge in [0.1, 0.15) is 4.60 Å². The van der Waals surface area contributed by atoms with Crippen LogP contribution in [0.15, 0.2) is 15.4 Å². The van der Waals surface area contributed by atoms with Gasteiger partial charge >= 0.3 is 0 Å². The minimum atomic E-state index is -3.37. The average Bonchev–Trinajstić information content (AvgIpc) is 2.07. The molecular weight excluding hydrogens is 362 g/mol. The molecule has 1 heterocycles. The lowest BCUT2D eigenvalue weighted by Crippen LogP contribution is -2.21. The van der Waals surface area contributed by atoms with Gasteiger partial charge in [0.05, 0.1) is 11.9 Å². The third-order valence-corrected chi connectivity index (χ3v) is 4.05. The maximum Gasteiger partial charge on any atom is 0.234 e. The van der Waals surface area contributed by atoms with Crippen LogP contribution in [0.2, 0.25) is 0 Å². The van der Waals surface area contributed by atoms with Gasteiger partial charge in [0.2, 0.25) is 10.0 Å². The van der Waals surface area contributed by atoms with Crippen molar-refractivity contribution in [2.75, 3.05) is 10.5 Å². The highest BCUT2D eigenvalue weighted by atomic mass is 79.9. The molecule has 0 fully saturated rings. The van der Waals surface area contributed by atoms with Gasteiger partial charge in [-0.05, 0) is 37.8 Å². The van der Waals surface area contributed by atoms with Crippen LogP contribution in [0.5, 0.6) is 0 Å². The largest absolute Gasteiger partial charge is 0.265 e. The monoisotopic (exact) mass is 371 g/mol. The van der Waals surface area contributed by atoms with E-state index in [-0.39, 0.29) is 17.5 Å². The molecule has 8 heteroatoms. The van der Waals surface area contributed by atoms with Crippen molar-refractivity contribution in [3.63, 3.8) is 0 Å². The molecule has 0 aliphatic heterocycles. The standard InChI is InChI=1S/C8H11Br2N3O2S/c1-5(2)4-16(14,15)13-8-7(10)12-6(9)3-11-8/h3,5H,4H2,1-2H3,(H,11,13). The third-order valence-electron chi connectivity index (χ3n) is 1.51. The van der Waals surface area contributed by atoms with Gasteiger partial charge in [-0.1, -0.05) is 13.8 Å². The van der Waals surface area contributed by atoms with Crippen LogP contribution in [0.3, 0.4) is 0 Å². The van der Waals surface area contributed by atoms with Crippen LogP contribution in [0.1, 0.15) is 13.8 Å². The predicted octanol–water partition coefficient (Wildman–Crippen LogP) is 2.40. The Labute approximate surface area is 111 Å². The number of nitrogens with one attached hydrogen (secondary N) is 1. The Morgan fingerprint density at radius 2 is 2.06 bits per heavy atom. The number of hydrogen-bond acceptors (Lipinski definition) is 4. The van der Waals surface area contributed by atoms with E-state index in [0.29, 0.717) is 9.21 Å². The highest BCUT2D eigenvalue weighted by molar-refractivity contribution is 9.11. The number of sulfonamides is 1. The lowest BCUT2D eigenvalue weighted by atomic mass is 10.3. The molecule has 0 bridgehead atoms. The van der Waals surface area contributed by atoms with Gasteiger partial charge in [0.15, 0.2) is 10.4 Å². The molecule has 0 saturated heterocycles. The van der Waals surface area contributed by atoms with Gasteiger partial charge in [-0.15, -0.1) is 0 Å². The molecule has 16 heavy (non-hydrogen) atoms. The van der Waals surface area contributed by atoms with Crippen LogP contribution in [-0.4, -0.2) is 24.1 Å². The fourth-order valence-electron chi connectivity index (χ4n) is 1.04. The molecule has 0 spiro atoms. The lowest BCUT2D eigenvalue weighted by molar-refractivity contribution is 0.587. The minimum absolute atomic E-state index is 0.0528. The zero-order chi connectivity index (χ0) is 12.3. The van der Waals surface area contributed by atoms with Gasteiger partial charge in [0, 0.05) is 0 Å². The SMILES string of the molecule is CC(C)CS(=O)(=O)Nc1ncc(Br)nc1Br. The molecule has 0 atom stereocenters. The quantitative estimate of drug-likeness (QED) is 0.880. The molecule has 0 amide bonds. The van der Waals surface area contributed by atoms with Gasteiger partial charge in [-0.3, -0.25) is 4.72 Å². The second-order valence-electron chi connectivity index (χ2n) is 3.61. The summed E-state index contributed by atoms with van der Waals surface area (Å²) in [5.74, 6) is 0.306. The zero-order valence-corrected chi connectivity index (χ0v) is 12.7. The zero-order valence-electron chi connectivity index (χ0n) is 8.74. The summed E-state index contributed by atoms with van der Waals surface area (Å²) in [5, 5.41) is 0. The molecule has 90 valence electrons. The summed E-state index contributed by atoms with van der Waals surface area (Å²) < 4.78 is 26.5. The maximum absolute atomic E-state index is 11.6. The Kier molecular flexibility index (Phi) is 4.69. The Bertz CT molecular complexity index is 476. The summed E-state index contributed by atoms with van der Waals surface area (Å²) >= 11 is 6.27. The second kappa shape index (κ2) is 5.42. The Morgan fingerprint density at radius 1 is 1.44 bits per heavy atom. The van der Waals surface area contributed by atoms with Crippen molar-refractivity contribution in [2.45, 2.75) is 13.8 Å². The molecule has 0 saturated carbocycles. The molecule has 0 aliphatic carbocycles. The van der Waals surface area contributed by atoms with E-state index in [1.807, 2.05) is 13.8 Å². The minimum Gasteiger partial charge on any atom is -0.265 e. The van der Waals surface area contributed by atoms with E-state index >= 15 is 0 Å². The van der Waals surface area contributed by atoms with Crippen molar-refractivity contribution in [1.82, 2.24) is 9.97 Å². The van der Waals surface area contributed by atoms with Gasteiger partial charge in [-0.2, -0.15) is 0 Å². The van der Waals surface area contributed by atoms with Crippen molar-refractivity contribution in [1.29, 1.82) is 0 Å². The number of rotatable bonds is 4. The van der Waals surface area contributed by atoms with Gasteiger partial charge < -0.3 is 0 Å². The highest BCUT2D eigenvalue weighted by Gasteiger charge is 2.15. The summed E-state index contributed by atoms with van der Waals surface area (Å²) in [6, 6.07) is 0. The smallest absolute Gasteiger partial charge is 0.234 e. The van der Waals surface area contributed by atoms with Crippen LogP contribution < -0.4 is 4.72 Å². The van der Waals surface area contributed by atoms with E-state index in [4.69, 9.17) is 0 Å². The number of hydrogen-bond donors (Lipinski definition) is 1. The third kappa shape index (κ3) is 4.34. The van der Waals surface area contributed by atoms with E-state index in [2.05, 4.69) is 46.5 Å². The van der Waals surface area contributed by atoms with Crippen molar-refractivity contribution in [3.8, 4) is 0 Å². The maximum atomic E-state index is 11.6. The molecule has 0 unspecified atom stereocenters. The normalized spacial score (nSPS) is 11.8. The van der Waals surface area contributed by atoms with Crippen molar-refractivity contribution < 1.29 is 8.42 Å². The molecule has 0 aliphatic rings. The average molecular weight is 373 g/mol. The Balaban J connectivity index is 2.88. The molecule has 1 rings (SSSR count). The first-order valence-electron chi connectivity index (χ1n) is 4.48. The van der Waals surface area contributed by atoms with Crippen molar-refractivity contribution >= 4 is 47.7 Å². The first-order chi connectivity index (χ1) is 7.30. The van der Waals surface area contributed by atoms with Crippen molar-refractivity contribution in [3.05, 3.63) is 15.4 Å². The fraction of sp³-hybridized carbons (Fsp3) is 0.500. The Morgan fingerprint density at radius 3 is 2.56 bits per heavy atom. The molecule has 1 N–H and O–H groups in total. The van der Waals surface area contributed by atoms with Crippen LogP contribution in [0.4, 0.5) is 5.82 Å². The van der Waals surface area contributed by atoms with E-state index < -0.39 is 10.0 Å². The van der Waals surface area contributed by atoms with E-state index in [9.17, 15) is 8.42 Å². The molecule has 1 aromatic heterocycles. The van der Waals surface area contributed by atoms with Crippen molar-refractivity contribution in [2.24, 2.45) is 5.92 Å². The summed E-state index contributed by atoms with van der Waals surface area (Å²) in [6.07, 6.45) is 1.43. The molecule has 0 aromatic carbocycles. The second-order valence-corrected chi connectivity index (χ2v) is 6.94. The van der Waals surface area contributed by atoms with Crippen LogP contribution in [0.25, 0.3) is 0 Å².